The van der Waals surface area contributed by atoms with Gasteiger partial charge in [-0.15, -0.1) is 0 Å². The molecule has 1 amide bonds. The van der Waals surface area contributed by atoms with Gasteiger partial charge >= 0.3 is 0 Å². The molecule has 33 heavy (non-hydrogen) atoms. The van der Waals surface area contributed by atoms with E-state index in [0.717, 1.165) is 17.4 Å². The Kier molecular flexibility index (Phi) is 6.76. The maximum absolute atomic E-state index is 12.4. The Morgan fingerprint density at radius 3 is 2.33 bits per heavy atom. The van der Waals surface area contributed by atoms with Crippen molar-refractivity contribution in [2.75, 3.05) is 23.9 Å². The molecule has 0 saturated heterocycles. The van der Waals surface area contributed by atoms with Crippen LogP contribution in [0.3, 0.4) is 0 Å². The van der Waals surface area contributed by atoms with E-state index in [4.69, 9.17) is 21.1 Å². The number of nitrogens with zero attached hydrogens (tertiary/aromatic N) is 1. The third kappa shape index (κ3) is 5.77. The van der Waals surface area contributed by atoms with Crippen LogP contribution in [-0.2, 0) is 23.0 Å². The molecule has 1 aliphatic rings. The zero-order valence-corrected chi connectivity index (χ0v) is 19.5. The van der Waals surface area contributed by atoms with Gasteiger partial charge in [-0.2, -0.15) is 0 Å². The van der Waals surface area contributed by atoms with Crippen molar-refractivity contribution >= 4 is 33.2 Å². The van der Waals surface area contributed by atoms with E-state index in [9.17, 15) is 13.2 Å². The fourth-order valence-electron chi connectivity index (χ4n) is 3.44. The second-order valence-corrected chi connectivity index (χ2v) is 9.98. The summed E-state index contributed by atoms with van der Waals surface area (Å²) in [6.07, 6.45) is 1.85. The monoisotopic (exact) mass is 486 g/mol. The molecule has 0 radical (unpaired) electrons. The molecule has 0 unspecified atom stereocenters. The SMILES string of the molecule is CS(=O)(=O)N(Cc1ccc(C(=O)NCCc2ccc(Cl)cc2)cc1)c1ccc2c(c1)OCO2. The zero-order valence-electron chi connectivity index (χ0n) is 18.0. The Morgan fingerprint density at radius 2 is 1.64 bits per heavy atom. The van der Waals surface area contributed by atoms with Crippen molar-refractivity contribution in [1.29, 1.82) is 0 Å². The minimum Gasteiger partial charge on any atom is -0.454 e. The summed E-state index contributed by atoms with van der Waals surface area (Å²) >= 11 is 5.89. The van der Waals surface area contributed by atoms with Crippen molar-refractivity contribution in [2.45, 2.75) is 13.0 Å². The molecule has 0 aliphatic carbocycles. The lowest BCUT2D eigenvalue weighted by Gasteiger charge is -2.23. The molecule has 0 atom stereocenters. The molecule has 172 valence electrons. The Bertz CT molecular complexity index is 1240. The lowest BCUT2D eigenvalue weighted by molar-refractivity contribution is 0.0954. The molecule has 9 heteroatoms. The molecule has 0 bridgehead atoms. The van der Waals surface area contributed by atoms with E-state index >= 15 is 0 Å². The highest BCUT2D eigenvalue weighted by atomic mass is 35.5. The van der Waals surface area contributed by atoms with E-state index < -0.39 is 10.0 Å². The maximum Gasteiger partial charge on any atom is 0.251 e. The zero-order chi connectivity index (χ0) is 23.4. The number of ether oxygens (including phenoxy) is 2. The van der Waals surface area contributed by atoms with Gasteiger partial charge < -0.3 is 14.8 Å². The Hall–Kier alpha value is -3.23. The minimum absolute atomic E-state index is 0.112. The highest BCUT2D eigenvalue weighted by Gasteiger charge is 2.22. The van der Waals surface area contributed by atoms with Crippen LogP contribution in [0, 0.1) is 0 Å². The number of hydrogen-bond acceptors (Lipinski definition) is 5. The molecule has 0 saturated carbocycles. The number of nitrogens with one attached hydrogen (secondary N) is 1. The maximum atomic E-state index is 12.4. The van der Waals surface area contributed by atoms with Crippen molar-refractivity contribution in [3.8, 4) is 11.5 Å². The molecular weight excluding hydrogens is 464 g/mol. The van der Waals surface area contributed by atoms with E-state index in [1.807, 2.05) is 24.3 Å². The van der Waals surface area contributed by atoms with Gasteiger partial charge in [-0.25, -0.2) is 8.42 Å². The Balaban J connectivity index is 1.39. The first kappa shape index (κ1) is 22.9. The van der Waals surface area contributed by atoms with Crippen molar-refractivity contribution in [2.24, 2.45) is 0 Å². The predicted molar refractivity (Wildman–Crippen MR) is 128 cm³/mol. The molecule has 1 aliphatic heterocycles. The fourth-order valence-corrected chi connectivity index (χ4v) is 4.45. The van der Waals surface area contributed by atoms with Crippen molar-refractivity contribution < 1.29 is 22.7 Å². The van der Waals surface area contributed by atoms with Crippen LogP contribution in [0.15, 0.2) is 66.7 Å². The van der Waals surface area contributed by atoms with Crippen LogP contribution in [0.4, 0.5) is 5.69 Å². The van der Waals surface area contributed by atoms with E-state index in [-0.39, 0.29) is 19.2 Å². The van der Waals surface area contributed by atoms with Gasteiger partial charge in [0.1, 0.15) is 0 Å². The molecule has 0 fully saturated rings. The van der Waals surface area contributed by atoms with Crippen molar-refractivity contribution in [3.05, 3.63) is 88.4 Å². The standard InChI is InChI=1S/C24H23ClN2O5S/c1-33(29,30)27(21-10-11-22-23(14-21)32-16-31-22)15-18-2-6-19(7-3-18)24(28)26-13-12-17-4-8-20(25)9-5-17/h2-11,14H,12-13,15-16H2,1H3,(H,26,28). The first-order valence-electron chi connectivity index (χ1n) is 10.3. The Morgan fingerprint density at radius 1 is 0.970 bits per heavy atom. The summed E-state index contributed by atoms with van der Waals surface area (Å²) in [5, 5.41) is 3.57. The normalized spacial score (nSPS) is 12.4. The summed E-state index contributed by atoms with van der Waals surface area (Å²) in [4.78, 5) is 12.4. The molecular formula is C24H23ClN2O5S. The van der Waals surface area contributed by atoms with Crippen LogP contribution in [0.25, 0.3) is 0 Å². The largest absolute Gasteiger partial charge is 0.454 e. The average Bonchev–Trinajstić information content (AvgIpc) is 3.26. The van der Waals surface area contributed by atoms with Crippen LogP contribution in [0.5, 0.6) is 11.5 Å². The number of carbonyl (C=O) groups excluding carboxylic acids is 1. The number of anilines is 1. The average molecular weight is 487 g/mol. The van der Waals surface area contributed by atoms with Crippen LogP contribution in [0.2, 0.25) is 5.02 Å². The third-order valence-electron chi connectivity index (χ3n) is 5.20. The number of amides is 1. The summed E-state index contributed by atoms with van der Waals surface area (Å²) in [5.74, 6) is 0.900. The summed E-state index contributed by atoms with van der Waals surface area (Å²) in [6, 6.07) is 19.4. The molecule has 1 N–H and O–H groups in total. The Labute approximate surface area is 197 Å². The van der Waals surface area contributed by atoms with E-state index in [2.05, 4.69) is 5.32 Å². The number of halogens is 1. The van der Waals surface area contributed by atoms with Crippen LogP contribution < -0.4 is 19.1 Å². The smallest absolute Gasteiger partial charge is 0.251 e. The lowest BCUT2D eigenvalue weighted by Crippen LogP contribution is -2.29. The highest BCUT2D eigenvalue weighted by Crippen LogP contribution is 2.36. The van der Waals surface area contributed by atoms with Gasteiger partial charge in [0.25, 0.3) is 5.91 Å². The number of rotatable bonds is 8. The van der Waals surface area contributed by atoms with Crippen LogP contribution in [-0.4, -0.2) is 33.9 Å². The molecule has 3 aromatic rings. The van der Waals surface area contributed by atoms with Crippen molar-refractivity contribution in [3.63, 3.8) is 0 Å². The first-order valence-corrected chi connectivity index (χ1v) is 12.5. The molecule has 1 heterocycles. The number of sulfonamides is 1. The topological polar surface area (TPSA) is 84.9 Å². The van der Waals surface area contributed by atoms with Gasteiger partial charge in [0.15, 0.2) is 11.5 Å². The lowest BCUT2D eigenvalue weighted by atomic mass is 10.1. The van der Waals surface area contributed by atoms with Gasteiger partial charge in [0, 0.05) is 23.2 Å². The highest BCUT2D eigenvalue weighted by molar-refractivity contribution is 7.92. The molecule has 4 rings (SSSR count). The summed E-state index contributed by atoms with van der Waals surface area (Å²) in [7, 11) is -3.55. The molecule has 7 nitrogen and oxygen atoms in total. The van der Waals surface area contributed by atoms with Crippen molar-refractivity contribution in [1.82, 2.24) is 5.32 Å². The van der Waals surface area contributed by atoms with E-state index in [1.165, 1.54) is 4.31 Å². The fraction of sp³-hybridized carbons (Fsp3) is 0.208. The number of fused-ring (bicyclic) bond motifs is 1. The van der Waals surface area contributed by atoms with E-state index in [0.29, 0.717) is 40.7 Å². The van der Waals surface area contributed by atoms with Gasteiger partial charge in [0.2, 0.25) is 16.8 Å². The first-order chi connectivity index (χ1) is 15.8. The van der Waals surface area contributed by atoms with Gasteiger partial charge in [0.05, 0.1) is 18.5 Å². The molecule has 0 aromatic heterocycles. The van der Waals surface area contributed by atoms with Gasteiger partial charge in [-0.05, 0) is 53.9 Å². The number of hydrogen-bond donors (Lipinski definition) is 1. The van der Waals surface area contributed by atoms with Gasteiger partial charge in [-0.3, -0.25) is 9.10 Å². The van der Waals surface area contributed by atoms with Gasteiger partial charge in [-0.1, -0.05) is 35.9 Å². The quantitative estimate of drug-likeness (QED) is 0.520. The van der Waals surface area contributed by atoms with E-state index in [1.54, 1.807) is 42.5 Å². The second-order valence-electron chi connectivity index (χ2n) is 7.64. The molecule has 3 aromatic carbocycles. The number of carbonyl (C=O) groups is 1. The summed E-state index contributed by atoms with van der Waals surface area (Å²) < 4.78 is 36.8. The molecule has 0 spiro atoms. The predicted octanol–water partition coefficient (Wildman–Crippen LogP) is 4.01. The summed E-state index contributed by atoms with van der Waals surface area (Å²) in [5.41, 5.74) is 2.81. The van der Waals surface area contributed by atoms with Crippen LogP contribution >= 0.6 is 11.6 Å². The third-order valence-corrected chi connectivity index (χ3v) is 6.59. The number of benzene rings is 3. The summed E-state index contributed by atoms with van der Waals surface area (Å²) in [6.45, 7) is 0.728. The van der Waals surface area contributed by atoms with Crippen LogP contribution in [0.1, 0.15) is 21.5 Å². The second kappa shape index (κ2) is 9.72. The minimum atomic E-state index is -3.55.